The van der Waals surface area contributed by atoms with E-state index < -0.39 is 0 Å². The third-order valence-corrected chi connectivity index (χ3v) is 3.69. The van der Waals surface area contributed by atoms with E-state index in [1.165, 1.54) is 18.4 Å². The Bertz CT molecular complexity index is 784. The van der Waals surface area contributed by atoms with Crippen LogP contribution in [0, 0.1) is 6.92 Å². The fraction of sp³-hybridized carbons (Fsp3) is 0.278. The Kier molecular flexibility index (Phi) is 4.28. The van der Waals surface area contributed by atoms with Crippen LogP contribution in [0.15, 0.2) is 58.9 Å². The lowest BCUT2D eigenvalue weighted by molar-refractivity contribution is 0.795. The first-order valence-corrected chi connectivity index (χ1v) is 7.72. The standard InChI is InChI=1S/C18H20N4/c1-3-4-7-15-9-11-16(12-10-15)20-21-18-14(2)19-17-8-5-6-13-22(17)18/h5-6,8-13H,3-4,7H2,1-2H3. The minimum absolute atomic E-state index is 0.783. The predicted molar refractivity (Wildman–Crippen MR) is 89.2 cm³/mol. The van der Waals surface area contributed by atoms with Gasteiger partial charge in [0, 0.05) is 6.20 Å². The van der Waals surface area contributed by atoms with Gasteiger partial charge in [0.25, 0.3) is 0 Å². The molecular formula is C18H20N4. The number of azo groups is 1. The van der Waals surface area contributed by atoms with Gasteiger partial charge in [0.05, 0.1) is 11.4 Å². The van der Waals surface area contributed by atoms with Crippen molar-refractivity contribution < 1.29 is 0 Å². The van der Waals surface area contributed by atoms with Crippen molar-refractivity contribution in [2.75, 3.05) is 0 Å². The van der Waals surface area contributed by atoms with Gasteiger partial charge in [-0.2, -0.15) is 0 Å². The molecule has 0 spiro atoms. The Morgan fingerprint density at radius 3 is 2.64 bits per heavy atom. The molecule has 2 heterocycles. The Morgan fingerprint density at radius 1 is 1.05 bits per heavy atom. The maximum absolute atomic E-state index is 4.48. The lowest BCUT2D eigenvalue weighted by Crippen LogP contribution is -1.83. The van der Waals surface area contributed by atoms with Gasteiger partial charge in [0.15, 0.2) is 5.82 Å². The Morgan fingerprint density at radius 2 is 1.86 bits per heavy atom. The highest BCUT2D eigenvalue weighted by atomic mass is 15.2. The molecule has 0 aliphatic carbocycles. The number of benzene rings is 1. The molecule has 0 atom stereocenters. The zero-order valence-corrected chi connectivity index (χ0v) is 13.0. The highest BCUT2D eigenvalue weighted by molar-refractivity contribution is 5.51. The molecule has 0 amide bonds. The number of pyridine rings is 1. The molecule has 0 unspecified atom stereocenters. The summed E-state index contributed by atoms with van der Waals surface area (Å²) in [6.07, 6.45) is 5.52. The smallest absolute Gasteiger partial charge is 0.182 e. The van der Waals surface area contributed by atoms with Gasteiger partial charge in [-0.3, -0.25) is 4.40 Å². The van der Waals surface area contributed by atoms with Gasteiger partial charge in [0.1, 0.15) is 5.65 Å². The summed E-state index contributed by atoms with van der Waals surface area (Å²) in [6, 6.07) is 14.2. The van der Waals surface area contributed by atoms with Crippen molar-refractivity contribution in [1.82, 2.24) is 9.38 Å². The van der Waals surface area contributed by atoms with Crippen LogP contribution < -0.4 is 0 Å². The molecule has 22 heavy (non-hydrogen) atoms. The number of aromatic nitrogens is 2. The first kappa shape index (κ1) is 14.4. The number of nitrogens with zero attached hydrogens (tertiary/aromatic N) is 4. The van der Waals surface area contributed by atoms with Gasteiger partial charge in [-0.15, -0.1) is 10.2 Å². The first-order chi connectivity index (χ1) is 10.8. The molecule has 0 saturated carbocycles. The lowest BCUT2D eigenvalue weighted by Gasteiger charge is -2.00. The average molecular weight is 292 g/mol. The molecule has 3 rings (SSSR count). The van der Waals surface area contributed by atoms with E-state index in [1.54, 1.807) is 0 Å². The van der Waals surface area contributed by atoms with Crippen molar-refractivity contribution in [1.29, 1.82) is 0 Å². The van der Waals surface area contributed by atoms with Crippen LogP contribution in [0.4, 0.5) is 11.5 Å². The number of fused-ring (bicyclic) bond motifs is 1. The number of rotatable bonds is 5. The van der Waals surface area contributed by atoms with Crippen molar-refractivity contribution in [3.8, 4) is 0 Å². The number of aryl methyl sites for hydroxylation is 2. The number of hydrogen-bond acceptors (Lipinski definition) is 3. The van der Waals surface area contributed by atoms with Crippen LogP contribution in [0.1, 0.15) is 31.0 Å². The van der Waals surface area contributed by atoms with E-state index in [0.717, 1.165) is 29.3 Å². The van der Waals surface area contributed by atoms with E-state index in [-0.39, 0.29) is 0 Å². The summed E-state index contributed by atoms with van der Waals surface area (Å²) in [4.78, 5) is 4.48. The first-order valence-electron chi connectivity index (χ1n) is 7.72. The summed E-state index contributed by atoms with van der Waals surface area (Å²) in [5, 5.41) is 8.73. The van der Waals surface area contributed by atoms with Crippen molar-refractivity contribution in [2.45, 2.75) is 33.1 Å². The van der Waals surface area contributed by atoms with E-state index in [0.29, 0.717) is 0 Å². The number of unbranched alkanes of at least 4 members (excludes halogenated alkanes) is 1. The molecule has 3 aromatic rings. The molecule has 0 saturated heterocycles. The van der Waals surface area contributed by atoms with Crippen LogP contribution in [-0.2, 0) is 6.42 Å². The fourth-order valence-electron chi connectivity index (χ4n) is 2.44. The second-order valence-electron chi connectivity index (χ2n) is 5.42. The highest BCUT2D eigenvalue weighted by Gasteiger charge is 2.06. The van der Waals surface area contributed by atoms with Gasteiger partial charge in [-0.05, 0) is 49.6 Å². The summed E-state index contributed by atoms with van der Waals surface area (Å²) < 4.78 is 1.95. The summed E-state index contributed by atoms with van der Waals surface area (Å²) in [5.41, 5.74) is 4.00. The second-order valence-corrected chi connectivity index (χ2v) is 5.42. The molecule has 4 heteroatoms. The molecular weight excluding hydrogens is 272 g/mol. The van der Waals surface area contributed by atoms with E-state index in [9.17, 15) is 0 Å². The van der Waals surface area contributed by atoms with E-state index in [4.69, 9.17) is 0 Å². The number of hydrogen-bond donors (Lipinski definition) is 0. The molecule has 0 aliphatic rings. The molecule has 0 bridgehead atoms. The van der Waals surface area contributed by atoms with Crippen LogP contribution in [0.25, 0.3) is 5.65 Å². The zero-order chi connectivity index (χ0) is 15.4. The van der Waals surface area contributed by atoms with Gasteiger partial charge in [0.2, 0.25) is 0 Å². The molecule has 0 aliphatic heterocycles. The van der Waals surface area contributed by atoms with Crippen LogP contribution in [0.3, 0.4) is 0 Å². The summed E-state index contributed by atoms with van der Waals surface area (Å²) in [5.74, 6) is 0.783. The summed E-state index contributed by atoms with van der Waals surface area (Å²) >= 11 is 0. The van der Waals surface area contributed by atoms with Crippen molar-refractivity contribution in [3.05, 3.63) is 59.9 Å². The van der Waals surface area contributed by atoms with Crippen molar-refractivity contribution >= 4 is 17.2 Å². The maximum Gasteiger partial charge on any atom is 0.182 e. The lowest BCUT2D eigenvalue weighted by atomic mass is 10.1. The molecule has 112 valence electrons. The Hall–Kier alpha value is -2.49. The Labute approximate surface area is 130 Å². The van der Waals surface area contributed by atoms with E-state index in [1.807, 2.05) is 47.9 Å². The van der Waals surface area contributed by atoms with E-state index >= 15 is 0 Å². The molecule has 0 fully saturated rings. The highest BCUT2D eigenvalue weighted by Crippen LogP contribution is 2.23. The zero-order valence-electron chi connectivity index (χ0n) is 13.0. The molecule has 4 nitrogen and oxygen atoms in total. The van der Waals surface area contributed by atoms with Crippen LogP contribution in [-0.4, -0.2) is 9.38 Å². The molecule has 1 aromatic carbocycles. The van der Waals surface area contributed by atoms with Gasteiger partial charge in [-0.25, -0.2) is 4.98 Å². The normalized spacial score (nSPS) is 11.5. The third-order valence-electron chi connectivity index (χ3n) is 3.69. The monoisotopic (exact) mass is 292 g/mol. The predicted octanol–water partition coefficient (Wildman–Crippen LogP) is 5.40. The Balaban J connectivity index is 1.82. The maximum atomic E-state index is 4.48. The van der Waals surface area contributed by atoms with Crippen LogP contribution in [0.2, 0.25) is 0 Å². The summed E-state index contributed by atoms with van der Waals surface area (Å²) in [6.45, 7) is 4.16. The third kappa shape index (κ3) is 3.06. The van der Waals surface area contributed by atoms with E-state index in [2.05, 4.69) is 34.3 Å². The second kappa shape index (κ2) is 6.52. The molecule has 2 aromatic heterocycles. The fourth-order valence-corrected chi connectivity index (χ4v) is 2.44. The van der Waals surface area contributed by atoms with Crippen LogP contribution in [0.5, 0.6) is 0 Å². The van der Waals surface area contributed by atoms with Gasteiger partial charge >= 0.3 is 0 Å². The number of imidazole rings is 1. The largest absolute Gasteiger partial charge is 0.283 e. The molecule has 0 radical (unpaired) electrons. The minimum atomic E-state index is 0.783. The van der Waals surface area contributed by atoms with Gasteiger partial charge < -0.3 is 0 Å². The average Bonchev–Trinajstić information content (AvgIpc) is 2.87. The van der Waals surface area contributed by atoms with Gasteiger partial charge in [-0.1, -0.05) is 31.5 Å². The summed E-state index contributed by atoms with van der Waals surface area (Å²) in [7, 11) is 0. The molecule has 0 N–H and O–H groups in total. The topological polar surface area (TPSA) is 42.0 Å². The van der Waals surface area contributed by atoms with Crippen molar-refractivity contribution in [2.24, 2.45) is 10.2 Å². The van der Waals surface area contributed by atoms with Crippen LogP contribution >= 0.6 is 0 Å². The van der Waals surface area contributed by atoms with Crippen molar-refractivity contribution in [3.63, 3.8) is 0 Å². The SMILES string of the molecule is CCCCc1ccc(N=Nc2c(C)nc3ccccn23)cc1. The quantitative estimate of drug-likeness (QED) is 0.580. The minimum Gasteiger partial charge on any atom is -0.283 e.